The second-order valence-corrected chi connectivity index (χ2v) is 7.32. The summed E-state index contributed by atoms with van der Waals surface area (Å²) in [7, 11) is 1.50. The van der Waals surface area contributed by atoms with Crippen LogP contribution in [0, 0.1) is 5.41 Å². The van der Waals surface area contributed by atoms with E-state index >= 15 is 0 Å². The minimum absolute atomic E-state index is 0.194. The summed E-state index contributed by atoms with van der Waals surface area (Å²) in [5, 5.41) is 1.06. The molecule has 0 bridgehead atoms. The van der Waals surface area contributed by atoms with Crippen molar-refractivity contribution in [1.82, 2.24) is 5.06 Å². The van der Waals surface area contributed by atoms with Crippen LogP contribution in [0.3, 0.4) is 0 Å². The molecule has 0 aliphatic carbocycles. The minimum atomic E-state index is -0.733. The maximum Gasteiger partial charge on any atom is 0.338 e. The van der Waals surface area contributed by atoms with Crippen LogP contribution in [0.15, 0.2) is 0 Å². The molecule has 0 aromatic carbocycles. The Kier molecular flexibility index (Phi) is 7.02. The normalized spacial score (nSPS) is 19.3. The van der Waals surface area contributed by atoms with Gasteiger partial charge in [-0.15, -0.1) is 5.06 Å². The molecule has 1 fully saturated rings. The van der Waals surface area contributed by atoms with Gasteiger partial charge in [0.15, 0.2) is 6.23 Å². The lowest BCUT2D eigenvalue weighted by Gasteiger charge is -2.30. The first-order valence-corrected chi connectivity index (χ1v) is 8.34. The Morgan fingerprint density at radius 3 is 2.48 bits per heavy atom. The molecule has 6 nitrogen and oxygen atoms in total. The molecule has 1 atom stereocenters. The third-order valence-electron chi connectivity index (χ3n) is 4.19. The average Bonchev–Trinajstić information content (AvgIpc) is 2.79. The summed E-state index contributed by atoms with van der Waals surface area (Å²) in [6, 6.07) is 0. The van der Waals surface area contributed by atoms with Crippen molar-refractivity contribution in [3.8, 4) is 0 Å². The number of nitrogens with zero attached hydrogens (tertiary/aromatic N) is 1. The number of hydroxylamine groups is 2. The quantitative estimate of drug-likeness (QED) is 0.650. The summed E-state index contributed by atoms with van der Waals surface area (Å²) in [5.74, 6) is -0.659. The highest BCUT2D eigenvalue weighted by atomic mass is 16.7. The smallest absolute Gasteiger partial charge is 0.338 e. The van der Waals surface area contributed by atoms with Crippen molar-refractivity contribution in [3.63, 3.8) is 0 Å². The maximum atomic E-state index is 12.4. The van der Waals surface area contributed by atoms with Crippen molar-refractivity contribution in [2.75, 3.05) is 13.7 Å². The minimum Gasteiger partial charge on any atom is -0.376 e. The van der Waals surface area contributed by atoms with Crippen molar-refractivity contribution in [3.05, 3.63) is 0 Å². The van der Waals surface area contributed by atoms with E-state index in [1.165, 1.54) is 7.11 Å². The Hall–Kier alpha value is -1.14. The highest BCUT2D eigenvalue weighted by Gasteiger charge is 2.39. The fourth-order valence-electron chi connectivity index (χ4n) is 2.53. The van der Waals surface area contributed by atoms with E-state index in [4.69, 9.17) is 14.3 Å². The molecule has 23 heavy (non-hydrogen) atoms. The van der Waals surface area contributed by atoms with E-state index in [1.54, 1.807) is 13.8 Å². The Labute approximate surface area is 139 Å². The second-order valence-electron chi connectivity index (χ2n) is 7.32. The molecule has 0 aromatic heterocycles. The molecule has 1 saturated heterocycles. The fourth-order valence-corrected chi connectivity index (χ4v) is 2.53. The second kappa shape index (κ2) is 8.11. The number of rotatable bonds is 9. The topological polar surface area (TPSA) is 65.1 Å². The fraction of sp³-hybridized carbons (Fsp3) is 0.882. The summed E-state index contributed by atoms with van der Waals surface area (Å²) >= 11 is 0. The first kappa shape index (κ1) is 19.9. The van der Waals surface area contributed by atoms with Crippen LogP contribution < -0.4 is 0 Å². The van der Waals surface area contributed by atoms with E-state index < -0.39 is 17.6 Å². The van der Waals surface area contributed by atoms with Gasteiger partial charge in [0.2, 0.25) is 0 Å². The van der Waals surface area contributed by atoms with Gasteiger partial charge in [-0.3, -0.25) is 4.79 Å². The van der Waals surface area contributed by atoms with E-state index in [9.17, 15) is 9.59 Å². The van der Waals surface area contributed by atoms with Gasteiger partial charge in [-0.1, -0.05) is 13.3 Å². The van der Waals surface area contributed by atoms with Crippen LogP contribution in [-0.4, -0.2) is 42.5 Å². The number of amides is 1. The van der Waals surface area contributed by atoms with Crippen LogP contribution in [0.5, 0.6) is 0 Å². The largest absolute Gasteiger partial charge is 0.376 e. The lowest BCUT2D eigenvalue weighted by atomic mass is 9.90. The highest BCUT2D eigenvalue weighted by molar-refractivity contribution is 5.81. The Balaban J connectivity index is 2.52. The van der Waals surface area contributed by atoms with Crippen LogP contribution in [-0.2, 0) is 23.9 Å². The van der Waals surface area contributed by atoms with Gasteiger partial charge in [0.1, 0.15) is 0 Å². The van der Waals surface area contributed by atoms with Gasteiger partial charge in [-0.25, -0.2) is 4.79 Å². The molecule has 0 unspecified atom stereocenters. The van der Waals surface area contributed by atoms with Crippen LogP contribution in [0.2, 0.25) is 0 Å². The molecule has 134 valence electrons. The van der Waals surface area contributed by atoms with Crippen molar-refractivity contribution in [1.29, 1.82) is 0 Å². The molecule has 0 aromatic rings. The molecule has 0 spiro atoms. The van der Waals surface area contributed by atoms with Crippen molar-refractivity contribution in [2.24, 2.45) is 5.41 Å². The summed E-state index contributed by atoms with van der Waals surface area (Å²) in [5.41, 5.74) is -0.926. The number of hydrogen-bond donors (Lipinski definition) is 0. The van der Waals surface area contributed by atoms with Crippen LogP contribution >= 0.6 is 0 Å². The van der Waals surface area contributed by atoms with E-state index in [0.29, 0.717) is 25.9 Å². The monoisotopic (exact) mass is 329 g/mol. The Bertz CT molecular complexity index is 419. The van der Waals surface area contributed by atoms with Gasteiger partial charge in [-0.05, 0) is 40.5 Å². The highest BCUT2D eigenvalue weighted by Crippen LogP contribution is 2.28. The van der Waals surface area contributed by atoms with Crippen molar-refractivity contribution in [2.45, 2.75) is 78.6 Å². The first-order chi connectivity index (χ1) is 10.6. The van der Waals surface area contributed by atoms with E-state index in [-0.39, 0.29) is 11.5 Å². The van der Waals surface area contributed by atoms with Gasteiger partial charge in [0.05, 0.1) is 11.0 Å². The molecule has 0 saturated carbocycles. The molecular formula is C17H31NO5. The summed E-state index contributed by atoms with van der Waals surface area (Å²) in [6.07, 6.45) is 2.93. The molecule has 1 amide bonds. The third kappa shape index (κ3) is 5.77. The Morgan fingerprint density at radius 1 is 1.26 bits per heavy atom. The zero-order chi connectivity index (χ0) is 17.7. The number of ether oxygens (including phenoxy) is 2. The Morgan fingerprint density at radius 2 is 1.91 bits per heavy atom. The predicted octanol–water partition coefficient (Wildman–Crippen LogP) is 3.05. The number of carbonyl (C=O) groups is 2. The molecule has 1 heterocycles. The van der Waals surface area contributed by atoms with Crippen LogP contribution in [0.25, 0.3) is 0 Å². The predicted molar refractivity (Wildman–Crippen MR) is 86.3 cm³/mol. The van der Waals surface area contributed by atoms with Gasteiger partial charge in [-0.2, -0.15) is 0 Å². The molecule has 1 rings (SSSR count). The molecular weight excluding hydrogens is 298 g/mol. The SMILES string of the molecule is CCCC(C)(C)OCCC(C)(C)C(=O)ON1C(=O)CC[C@@H]1OC. The first-order valence-electron chi connectivity index (χ1n) is 8.34. The lowest BCUT2D eigenvalue weighted by molar-refractivity contribution is -0.232. The zero-order valence-corrected chi connectivity index (χ0v) is 15.3. The maximum absolute atomic E-state index is 12.4. The standard InChI is InChI=1S/C17H31NO5/c1-7-10-17(4,5)22-12-11-16(2,3)15(20)23-18-13(19)8-9-14(18)21-6/h14H,7-12H2,1-6H3/t14-/m0/s1. The van der Waals surface area contributed by atoms with Gasteiger partial charge in [0.25, 0.3) is 5.91 Å². The van der Waals surface area contributed by atoms with Gasteiger partial charge in [0, 0.05) is 26.6 Å². The van der Waals surface area contributed by atoms with E-state index in [0.717, 1.165) is 17.9 Å². The van der Waals surface area contributed by atoms with Crippen molar-refractivity contribution < 1.29 is 23.9 Å². The van der Waals surface area contributed by atoms with Crippen LogP contribution in [0.1, 0.15) is 66.7 Å². The number of hydrogen-bond acceptors (Lipinski definition) is 5. The van der Waals surface area contributed by atoms with Gasteiger partial charge >= 0.3 is 5.97 Å². The molecule has 0 N–H and O–H groups in total. The molecule has 0 radical (unpaired) electrons. The van der Waals surface area contributed by atoms with E-state index in [2.05, 4.69) is 6.92 Å². The summed E-state index contributed by atoms with van der Waals surface area (Å²) in [4.78, 5) is 29.4. The van der Waals surface area contributed by atoms with E-state index in [1.807, 2.05) is 13.8 Å². The number of carbonyl (C=O) groups excluding carboxylic acids is 2. The zero-order valence-electron chi connectivity index (χ0n) is 15.3. The van der Waals surface area contributed by atoms with Crippen LogP contribution in [0.4, 0.5) is 0 Å². The molecule has 6 heteroatoms. The lowest BCUT2D eigenvalue weighted by Crippen LogP contribution is -2.41. The third-order valence-corrected chi connectivity index (χ3v) is 4.19. The summed E-state index contributed by atoms with van der Waals surface area (Å²) in [6.45, 7) is 10.3. The number of methoxy groups -OCH3 is 1. The molecule has 1 aliphatic heterocycles. The van der Waals surface area contributed by atoms with Gasteiger partial charge < -0.3 is 14.3 Å². The molecule has 1 aliphatic rings. The average molecular weight is 329 g/mol. The van der Waals surface area contributed by atoms with Crippen molar-refractivity contribution >= 4 is 11.9 Å². The summed E-state index contributed by atoms with van der Waals surface area (Å²) < 4.78 is 11.0.